The van der Waals surface area contributed by atoms with Crippen molar-refractivity contribution >= 4 is 21.6 Å². The third kappa shape index (κ3) is 2.24. The highest BCUT2D eigenvalue weighted by atomic mass is 79.9. The standard InChI is InChI=1S/C19H13BrN2/c20-16-11-9-15(10-12-16)19-18(14-6-2-1-3-7-14)21-17-8-4-5-13-22(17)19/h1-13H. The molecule has 0 spiro atoms. The zero-order valence-electron chi connectivity index (χ0n) is 11.8. The average Bonchev–Trinajstić information content (AvgIpc) is 2.96. The number of rotatable bonds is 2. The van der Waals surface area contributed by atoms with Gasteiger partial charge in [-0.25, -0.2) is 4.98 Å². The van der Waals surface area contributed by atoms with Crippen molar-refractivity contribution in [3.8, 4) is 22.5 Å². The number of hydrogen-bond donors (Lipinski definition) is 0. The maximum absolute atomic E-state index is 4.83. The van der Waals surface area contributed by atoms with Crippen molar-refractivity contribution < 1.29 is 0 Å². The predicted octanol–water partition coefficient (Wildman–Crippen LogP) is 5.43. The number of benzene rings is 2. The summed E-state index contributed by atoms with van der Waals surface area (Å²) in [7, 11) is 0. The number of hydrogen-bond acceptors (Lipinski definition) is 1. The van der Waals surface area contributed by atoms with Gasteiger partial charge >= 0.3 is 0 Å². The highest BCUT2D eigenvalue weighted by Crippen LogP contribution is 2.33. The lowest BCUT2D eigenvalue weighted by atomic mass is 10.1. The Labute approximate surface area is 137 Å². The summed E-state index contributed by atoms with van der Waals surface area (Å²) < 4.78 is 3.22. The topological polar surface area (TPSA) is 17.3 Å². The van der Waals surface area contributed by atoms with E-state index in [1.165, 1.54) is 0 Å². The van der Waals surface area contributed by atoms with E-state index in [1.54, 1.807) is 0 Å². The van der Waals surface area contributed by atoms with Gasteiger partial charge in [0.25, 0.3) is 0 Å². The Morgan fingerprint density at radius 3 is 2.23 bits per heavy atom. The van der Waals surface area contributed by atoms with Gasteiger partial charge in [-0.2, -0.15) is 0 Å². The summed E-state index contributed by atoms with van der Waals surface area (Å²) in [6.07, 6.45) is 2.06. The minimum atomic E-state index is 0.958. The molecule has 2 aromatic heterocycles. The molecule has 2 aromatic carbocycles. The summed E-state index contributed by atoms with van der Waals surface area (Å²) in [5.41, 5.74) is 5.37. The molecule has 0 N–H and O–H groups in total. The molecule has 4 aromatic rings. The van der Waals surface area contributed by atoms with Crippen molar-refractivity contribution in [2.24, 2.45) is 0 Å². The van der Waals surface area contributed by atoms with Crippen LogP contribution in [-0.4, -0.2) is 9.38 Å². The largest absolute Gasteiger partial charge is 0.299 e. The lowest BCUT2D eigenvalue weighted by Crippen LogP contribution is -1.89. The highest BCUT2D eigenvalue weighted by molar-refractivity contribution is 9.10. The van der Waals surface area contributed by atoms with Gasteiger partial charge in [-0.05, 0) is 24.3 Å². The SMILES string of the molecule is Brc1ccc(-c2c(-c3ccccc3)nc3ccccn23)cc1. The van der Waals surface area contributed by atoms with Gasteiger partial charge in [0, 0.05) is 21.8 Å². The lowest BCUT2D eigenvalue weighted by molar-refractivity contribution is 1.19. The molecule has 106 valence electrons. The van der Waals surface area contributed by atoms with Gasteiger partial charge in [-0.1, -0.05) is 64.5 Å². The van der Waals surface area contributed by atoms with Crippen LogP contribution in [0.3, 0.4) is 0 Å². The zero-order chi connectivity index (χ0) is 14.9. The molecule has 4 rings (SSSR count). The second-order valence-electron chi connectivity index (χ2n) is 5.11. The normalized spacial score (nSPS) is 11.0. The van der Waals surface area contributed by atoms with Crippen LogP contribution in [0.1, 0.15) is 0 Å². The van der Waals surface area contributed by atoms with Crippen LogP contribution in [-0.2, 0) is 0 Å². The molecule has 0 unspecified atom stereocenters. The van der Waals surface area contributed by atoms with Gasteiger partial charge < -0.3 is 0 Å². The number of aromatic nitrogens is 2. The second-order valence-corrected chi connectivity index (χ2v) is 6.03. The first-order valence-electron chi connectivity index (χ1n) is 7.11. The minimum absolute atomic E-state index is 0.958. The van der Waals surface area contributed by atoms with Crippen LogP contribution in [0.25, 0.3) is 28.2 Å². The van der Waals surface area contributed by atoms with Gasteiger partial charge in [0.05, 0.1) is 11.4 Å². The van der Waals surface area contributed by atoms with Crippen molar-refractivity contribution in [3.05, 3.63) is 83.5 Å². The summed E-state index contributed by atoms with van der Waals surface area (Å²) in [4.78, 5) is 4.83. The fourth-order valence-corrected chi connectivity index (χ4v) is 2.94. The summed E-state index contributed by atoms with van der Waals surface area (Å²) in [5.74, 6) is 0. The predicted molar refractivity (Wildman–Crippen MR) is 93.8 cm³/mol. The summed E-state index contributed by atoms with van der Waals surface area (Å²) in [6.45, 7) is 0. The van der Waals surface area contributed by atoms with E-state index in [1.807, 2.05) is 36.4 Å². The molecule has 22 heavy (non-hydrogen) atoms. The van der Waals surface area contributed by atoms with Crippen molar-refractivity contribution in [1.82, 2.24) is 9.38 Å². The summed E-state index contributed by atoms with van der Waals surface area (Å²) >= 11 is 3.50. The third-order valence-corrected chi connectivity index (χ3v) is 4.22. The van der Waals surface area contributed by atoms with Crippen LogP contribution < -0.4 is 0 Å². The number of halogens is 1. The molecule has 0 saturated heterocycles. The molecule has 0 aliphatic heterocycles. The first-order valence-corrected chi connectivity index (χ1v) is 7.91. The van der Waals surface area contributed by atoms with Gasteiger partial charge in [0.2, 0.25) is 0 Å². The van der Waals surface area contributed by atoms with Crippen LogP contribution >= 0.6 is 15.9 Å². The average molecular weight is 349 g/mol. The monoisotopic (exact) mass is 348 g/mol. The van der Waals surface area contributed by atoms with Crippen LogP contribution in [0.2, 0.25) is 0 Å². The lowest BCUT2D eigenvalue weighted by Gasteiger charge is -2.06. The maximum atomic E-state index is 4.83. The fourth-order valence-electron chi connectivity index (χ4n) is 2.68. The van der Waals surface area contributed by atoms with E-state index in [-0.39, 0.29) is 0 Å². The van der Waals surface area contributed by atoms with E-state index in [0.29, 0.717) is 0 Å². The Morgan fingerprint density at radius 2 is 1.45 bits per heavy atom. The number of pyridine rings is 1. The Kier molecular flexibility index (Phi) is 3.28. The molecule has 2 heterocycles. The van der Waals surface area contributed by atoms with E-state index < -0.39 is 0 Å². The van der Waals surface area contributed by atoms with Crippen LogP contribution in [0.4, 0.5) is 0 Å². The smallest absolute Gasteiger partial charge is 0.137 e. The molecule has 0 bridgehead atoms. The number of fused-ring (bicyclic) bond motifs is 1. The Balaban J connectivity index is 2.04. The highest BCUT2D eigenvalue weighted by Gasteiger charge is 2.15. The molecule has 3 heteroatoms. The quantitative estimate of drug-likeness (QED) is 0.472. The molecule has 0 atom stereocenters. The van der Waals surface area contributed by atoms with Crippen LogP contribution in [0, 0.1) is 0 Å². The van der Waals surface area contributed by atoms with E-state index >= 15 is 0 Å². The van der Waals surface area contributed by atoms with Gasteiger partial charge in [0.15, 0.2) is 0 Å². The van der Waals surface area contributed by atoms with E-state index in [0.717, 1.165) is 32.6 Å². The van der Waals surface area contributed by atoms with E-state index in [2.05, 4.69) is 62.9 Å². The molecular formula is C19H13BrN2. The molecule has 0 fully saturated rings. The van der Waals surface area contributed by atoms with Crippen LogP contribution in [0.15, 0.2) is 83.5 Å². The van der Waals surface area contributed by atoms with Crippen LogP contribution in [0.5, 0.6) is 0 Å². The molecule has 0 radical (unpaired) electrons. The minimum Gasteiger partial charge on any atom is -0.299 e. The summed E-state index contributed by atoms with van der Waals surface area (Å²) in [5, 5.41) is 0. The molecule has 0 aliphatic carbocycles. The van der Waals surface area contributed by atoms with E-state index in [4.69, 9.17) is 4.98 Å². The Morgan fingerprint density at radius 1 is 0.727 bits per heavy atom. The van der Waals surface area contributed by atoms with Crippen molar-refractivity contribution in [2.75, 3.05) is 0 Å². The maximum Gasteiger partial charge on any atom is 0.137 e. The second kappa shape index (κ2) is 5.43. The molecule has 0 saturated carbocycles. The van der Waals surface area contributed by atoms with Crippen molar-refractivity contribution in [2.45, 2.75) is 0 Å². The van der Waals surface area contributed by atoms with Gasteiger partial charge in [-0.15, -0.1) is 0 Å². The van der Waals surface area contributed by atoms with Crippen molar-refractivity contribution in [1.29, 1.82) is 0 Å². The first-order chi connectivity index (χ1) is 10.8. The Bertz CT molecular complexity index is 925. The van der Waals surface area contributed by atoms with E-state index in [9.17, 15) is 0 Å². The van der Waals surface area contributed by atoms with Gasteiger partial charge in [-0.3, -0.25) is 4.40 Å². The molecule has 0 aliphatic rings. The van der Waals surface area contributed by atoms with Gasteiger partial charge in [0.1, 0.15) is 5.65 Å². The Hall–Kier alpha value is -2.39. The number of nitrogens with zero attached hydrogens (tertiary/aromatic N) is 2. The number of imidazole rings is 1. The molecule has 0 amide bonds. The summed E-state index contributed by atoms with van der Waals surface area (Å²) in [6, 6.07) is 24.8. The molecular weight excluding hydrogens is 336 g/mol. The fraction of sp³-hybridized carbons (Fsp3) is 0. The zero-order valence-corrected chi connectivity index (χ0v) is 13.4. The third-order valence-electron chi connectivity index (χ3n) is 3.69. The van der Waals surface area contributed by atoms with Crippen molar-refractivity contribution in [3.63, 3.8) is 0 Å². The molecule has 2 nitrogen and oxygen atoms in total. The first kappa shape index (κ1) is 13.3.